The van der Waals surface area contributed by atoms with E-state index in [0.717, 1.165) is 16.3 Å². The Kier molecular flexibility index (Phi) is 7.07. The lowest BCUT2D eigenvalue weighted by molar-refractivity contribution is -0.138. The maximum atomic E-state index is 13.7. The van der Waals surface area contributed by atoms with Crippen LogP contribution in [0.4, 0.5) is 4.39 Å². The molecule has 3 aromatic rings. The Morgan fingerprint density at radius 1 is 1.07 bits per heavy atom. The van der Waals surface area contributed by atoms with E-state index in [9.17, 15) is 14.0 Å². The van der Waals surface area contributed by atoms with Crippen molar-refractivity contribution in [3.8, 4) is 11.4 Å². The van der Waals surface area contributed by atoms with Gasteiger partial charge in [0.2, 0.25) is 0 Å². The summed E-state index contributed by atoms with van der Waals surface area (Å²) in [5, 5.41) is 14.1. The third kappa shape index (κ3) is 5.78. The minimum atomic E-state index is -1.14. The molecule has 3 rings (SSSR count). The van der Waals surface area contributed by atoms with Crippen molar-refractivity contribution in [3.63, 3.8) is 0 Å². The van der Waals surface area contributed by atoms with Crippen molar-refractivity contribution in [1.82, 2.24) is 14.8 Å². The Morgan fingerprint density at radius 3 is 2.40 bits per heavy atom. The minimum absolute atomic E-state index is 0.0553. The number of benzene rings is 2. The fourth-order valence-electron chi connectivity index (χ4n) is 2.82. The largest absolute Gasteiger partial charge is 0.480 e. The highest BCUT2D eigenvalue weighted by Crippen LogP contribution is 2.23. The second-order valence-corrected chi connectivity index (χ2v) is 7.81. The molecule has 30 heavy (non-hydrogen) atoms. The fourth-order valence-corrected chi connectivity index (χ4v) is 3.51. The van der Waals surface area contributed by atoms with Crippen LogP contribution in [0.3, 0.4) is 0 Å². The fraction of sp³-hybridized carbons (Fsp3) is 0.200. The molecule has 0 unspecified atom stereocenters. The first-order chi connectivity index (χ1) is 14.2. The Labute approximate surface area is 186 Å². The summed E-state index contributed by atoms with van der Waals surface area (Å²) in [5.41, 5.74) is 1.13. The van der Waals surface area contributed by atoms with Crippen LogP contribution in [0.1, 0.15) is 17.8 Å². The first kappa shape index (κ1) is 22.2. The molecule has 1 heterocycles. The molecule has 0 saturated heterocycles. The maximum absolute atomic E-state index is 13.7. The Balaban J connectivity index is 1.77. The predicted octanol–water partition coefficient (Wildman–Crippen LogP) is 4.87. The third-order valence-electron chi connectivity index (χ3n) is 4.18. The molecule has 1 N–H and O–H groups in total. The number of aryl methyl sites for hydroxylation is 1. The van der Waals surface area contributed by atoms with Crippen molar-refractivity contribution < 1.29 is 19.1 Å². The number of halogens is 4. The first-order valence-corrected chi connectivity index (χ1v) is 9.92. The van der Waals surface area contributed by atoms with Gasteiger partial charge in [-0.15, -0.1) is 0 Å². The molecule has 0 fully saturated rings. The molecule has 0 aliphatic rings. The summed E-state index contributed by atoms with van der Waals surface area (Å²) in [5.74, 6) is -1.68. The molecule has 0 amide bonds. The van der Waals surface area contributed by atoms with Crippen LogP contribution in [0.2, 0.25) is 15.1 Å². The number of Topliss-reactive ketones (excluding diaryl/α,β-unsaturated/α-hetero) is 1. The Hall–Kier alpha value is -2.48. The lowest BCUT2D eigenvalue weighted by Crippen LogP contribution is -2.16. The number of carbonyl (C=O) groups excluding carboxylic acids is 1. The number of carboxylic acids is 1. The van der Waals surface area contributed by atoms with Crippen LogP contribution in [-0.2, 0) is 29.0 Å². The van der Waals surface area contributed by atoms with E-state index >= 15 is 0 Å². The first-order valence-electron chi connectivity index (χ1n) is 8.79. The number of hydrogen-bond acceptors (Lipinski definition) is 4. The summed E-state index contributed by atoms with van der Waals surface area (Å²) in [7, 11) is 0. The van der Waals surface area contributed by atoms with Crippen molar-refractivity contribution >= 4 is 46.6 Å². The lowest BCUT2D eigenvalue weighted by Gasteiger charge is -2.04. The number of carbonyl (C=O) groups is 2. The average Bonchev–Trinajstić information content (AvgIpc) is 3.03. The molecule has 0 spiro atoms. The minimum Gasteiger partial charge on any atom is -0.480 e. The highest BCUT2D eigenvalue weighted by atomic mass is 35.5. The molecule has 0 aliphatic carbocycles. The van der Waals surface area contributed by atoms with Gasteiger partial charge in [-0.25, -0.2) is 14.1 Å². The van der Waals surface area contributed by atoms with E-state index in [2.05, 4.69) is 10.1 Å². The van der Waals surface area contributed by atoms with Gasteiger partial charge in [0.15, 0.2) is 5.82 Å². The molecule has 0 bridgehead atoms. The van der Waals surface area contributed by atoms with Gasteiger partial charge in [-0.2, -0.15) is 5.10 Å². The van der Waals surface area contributed by atoms with E-state index < -0.39 is 18.3 Å². The summed E-state index contributed by atoms with van der Waals surface area (Å²) in [6.07, 6.45) is 0.480. The van der Waals surface area contributed by atoms with Crippen LogP contribution in [0.15, 0.2) is 36.4 Å². The van der Waals surface area contributed by atoms with E-state index in [0.29, 0.717) is 22.0 Å². The summed E-state index contributed by atoms with van der Waals surface area (Å²) in [6.45, 7) is -0.477. The Morgan fingerprint density at radius 2 is 1.77 bits per heavy atom. The molecular formula is C20H15Cl3FN3O3. The standard InChI is InChI=1S/C20H15Cl3FN3O3/c21-13-5-11(6-14(22)8-13)1-3-15(28)9-18-25-20(26-27(18)10-19(29)30)12-2-4-16(23)17(24)7-12/h2,4-8H,1,3,9-10H2,(H,29,30). The molecule has 6 nitrogen and oxygen atoms in total. The van der Waals surface area contributed by atoms with Crippen LogP contribution in [0.5, 0.6) is 0 Å². The van der Waals surface area contributed by atoms with Crippen LogP contribution < -0.4 is 0 Å². The molecular weight excluding hydrogens is 456 g/mol. The van der Waals surface area contributed by atoms with E-state index in [1.807, 2.05) is 0 Å². The van der Waals surface area contributed by atoms with Crippen LogP contribution in [-0.4, -0.2) is 31.6 Å². The number of hydrogen-bond donors (Lipinski definition) is 1. The maximum Gasteiger partial charge on any atom is 0.325 e. The van der Waals surface area contributed by atoms with Gasteiger partial charge >= 0.3 is 5.97 Å². The van der Waals surface area contributed by atoms with Gasteiger partial charge in [0.25, 0.3) is 0 Å². The molecule has 0 saturated carbocycles. The highest BCUT2D eigenvalue weighted by Gasteiger charge is 2.18. The van der Waals surface area contributed by atoms with Gasteiger partial charge in [0.1, 0.15) is 24.0 Å². The molecule has 0 aliphatic heterocycles. The molecule has 2 aromatic carbocycles. The zero-order valence-corrected chi connectivity index (χ0v) is 17.7. The van der Waals surface area contributed by atoms with Gasteiger partial charge in [0.05, 0.1) is 11.4 Å². The number of rotatable bonds is 8. The third-order valence-corrected chi connectivity index (χ3v) is 4.92. The highest BCUT2D eigenvalue weighted by molar-refractivity contribution is 6.34. The molecule has 10 heteroatoms. The molecule has 1 aromatic heterocycles. The molecule has 156 valence electrons. The quantitative estimate of drug-likeness (QED) is 0.507. The van der Waals surface area contributed by atoms with Crippen LogP contribution >= 0.6 is 34.8 Å². The number of aliphatic carboxylic acids is 1. The Bertz CT molecular complexity index is 1100. The zero-order valence-electron chi connectivity index (χ0n) is 15.4. The second kappa shape index (κ2) is 9.55. The number of nitrogens with zero attached hydrogens (tertiary/aromatic N) is 3. The SMILES string of the molecule is O=C(O)Cn1nc(-c2ccc(Cl)c(F)c2)nc1CC(=O)CCc1cc(Cl)cc(Cl)c1. The number of aromatic nitrogens is 3. The summed E-state index contributed by atoms with van der Waals surface area (Å²) in [4.78, 5) is 27.9. The number of carboxylic acid groups (broad SMARTS) is 1. The predicted molar refractivity (Wildman–Crippen MR) is 112 cm³/mol. The topological polar surface area (TPSA) is 85.1 Å². The van der Waals surface area contributed by atoms with Crippen LogP contribution in [0.25, 0.3) is 11.4 Å². The van der Waals surface area contributed by atoms with E-state index in [-0.39, 0.29) is 35.3 Å². The molecule has 0 radical (unpaired) electrons. The van der Waals surface area contributed by atoms with Crippen molar-refractivity contribution in [2.75, 3.05) is 0 Å². The monoisotopic (exact) mass is 469 g/mol. The van der Waals surface area contributed by atoms with Gasteiger partial charge in [-0.1, -0.05) is 34.8 Å². The summed E-state index contributed by atoms with van der Waals surface area (Å²) in [6, 6.07) is 9.06. The second-order valence-electron chi connectivity index (χ2n) is 6.53. The van der Waals surface area contributed by atoms with Crippen molar-refractivity contribution in [2.45, 2.75) is 25.8 Å². The van der Waals surface area contributed by atoms with E-state index in [4.69, 9.17) is 39.9 Å². The lowest BCUT2D eigenvalue weighted by atomic mass is 10.1. The van der Waals surface area contributed by atoms with Gasteiger partial charge in [-0.05, 0) is 48.4 Å². The van der Waals surface area contributed by atoms with Crippen molar-refractivity contribution in [1.29, 1.82) is 0 Å². The summed E-state index contributed by atoms with van der Waals surface area (Å²) >= 11 is 17.6. The van der Waals surface area contributed by atoms with E-state index in [1.54, 1.807) is 18.2 Å². The normalized spacial score (nSPS) is 10.9. The number of ketones is 1. The smallest absolute Gasteiger partial charge is 0.325 e. The van der Waals surface area contributed by atoms with Crippen molar-refractivity contribution in [3.05, 3.63) is 68.7 Å². The van der Waals surface area contributed by atoms with Crippen molar-refractivity contribution in [2.24, 2.45) is 0 Å². The molecule has 0 atom stereocenters. The van der Waals surface area contributed by atoms with Gasteiger partial charge in [-0.3, -0.25) is 9.59 Å². The summed E-state index contributed by atoms with van der Waals surface area (Å²) < 4.78 is 14.9. The zero-order chi connectivity index (χ0) is 21.8. The van der Waals surface area contributed by atoms with Crippen LogP contribution in [0, 0.1) is 5.82 Å². The average molecular weight is 471 g/mol. The van der Waals surface area contributed by atoms with Gasteiger partial charge in [0, 0.05) is 22.0 Å². The van der Waals surface area contributed by atoms with Gasteiger partial charge < -0.3 is 5.11 Å². The van der Waals surface area contributed by atoms with E-state index in [1.165, 1.54) is 12.1 Å².